The fourth-order valence-electron chi connectivity index (χ4n) is 2.13. The smallest absolute Gasteiger partial charge is 0.256 e. The van der Waals surface area contributed by atoms with Gasteiger partial charge in [-0.2, -0.15) is 0 Å². The van der Waals surface area contributed by atoms with Crippen molar-refractivity contribution in [3.05, 3.63) is 58.7 Å². The van der Waals surface area contributed by atoms with Gasteiger partial charge in [0, 0.05) is 23.2 Å². The molecule has 0 fully saturated rings. The second-order valence-corrected chi connectivity index (χ2v) is 6.07. The highest BCUT2D eigenvalue weighted by Gasteiger charge is 2.23. The van der Waals surface area contributed by atoms with Crippen LogP contribution in [-0.2, 0) is 5.41 Å². The lowest BCUT2D eigenvalue weighted by molar-refractivity contribution is 0.0942. The predicted molar refractivity (Wildman–Crippen MR) is 87.6 cm³/mol. The van der Waals surface area contributed by atoms with E-state index in [2.05, 4.69) is 24.1 Å². The Morgan fingerprint density at radius 1 is 1.32 bits per heavy atom. The number of amides is 1. The number of pyridine rings is 1. The van der Waals surface area contributed by atoms with Crippen LogP contribution in [0.3, 0.4) is 0 Å². The molecule has 0 aliphatic rings. The first kappa shape index (κ1) is 16.3. The van der Waals surface area contributed by atoms with E-state index in [-0.39, 0.29) is 11.3 Å². The molecule has 116 valence electrons. The van der Waals surface area contributed by atoms with E-state index in [4.69, 9.17) is 16.3 Å². The molecule has 22 heavy (non-hydrogen) atoms. The van der Waals surface area contributed by atoms with E-state index in [9.17, 15) is 4.79 Å². The van der Waals surface area contributed by atoms with E-state index in [1.165, 1.54) is 7.11 Å². The summed E-state index contributed by atoms with van der Waals surface area (Å²) in [4.78, 5) is 16.3. The lowest BCUT2D eigenvalue weighted by Crippen LogP contribution is -2.36. The number of halogens is 1. The Hall–Kier alpha value is -2.07. The van der Waals surface area contributed by atoms with Crippen LogP contribution in [0.25, 0.3) is 0 Å². The largest absolute Gasteiger partial charge is 0.480 e. The Bertz CT molecular complexity index is 671. The zero-order chi connectivity index (χ0) is 16.2. The molecular weight excluding hydrogens is 300 g/mol. The predicted octanol–water partition coefficient (Wildman–Crippen LogP) is 3.45. The van der Waals surface area contributed by atoms with Crippen LogP contribution in [-0.4, -0.2) is 24.5 Å². The standard InChI is InChI=1S/C17H19ClN2O2/c1-17(2,12-6-4-7-13(18)10-12)11-20-15(21)14-8-5-9-19-16(14)22-3/h4-10H,11H2,1-3H3,(H,20,21). The minimum Gasteiger partial charge on any atom is -0.480 e. The Labute approximate surface area is 135 Å². The number of benzene rings is 1. The number of hydrogen-bond donors (Lipinski definition) is 1. The van der Waals surface area contributed by atoms with Crippen molar-refractivity contribution in [1.82, 2.24) is 10.3 Å². The lowest BCUT2D eigenvalue weighted by Gasteiger charge is -2.26. The SMILES string of the molecule is COc1ncccc1C(=O)NCC(C)(C)c1cccc(Cl)c1. The maximum Gasteiger partial charge on any atom is 0.256 e. The van der Waals surface area contributed by atoms with Gasteiger partial charge < -0.3 is 10.1 Å². The first-order chi connectivity index (χ1) is 10.4. The monoisotopic (exact) mass is 318 g/mol. The third-order valence-electron chi connectivity index (χ3n) is 3.51. The molecule has 0 aliphatic heterocycles. The zero-order valence-corrected chi connectivity index (χ0v) is 13.6. The van der Waals surface area contributed by atoms with Crippen molar-refractivity contribution >= 4 is 17.5 Å². The first-order valence-electron chi connectivity index (χ1n) is 6.97. The fourth-order valence-corrected chi connectivity index (χ4v) is 2.32. The Morgan fingerprint density at radius 2 is 2.09 bits per heavy atom. The Balaban J connectivity index is 2.10. The molecule has 0 bridgehead atoms. The van der Waals surface area contributed by atoms with Gasteiger partial charge in [0.25, 0.3) is 5.91 Å². The second-order valence-electron chi connectivity index (χ2n) is 5.64. The van der Waals surface area contributed by atoms with Gasteiger partial charge in [-0.3, -0.25) is 4.79 Å². The van der Waals surface area contributed by atoms with Crippen LogP contribution < -0.4 is 10.1 Å². The van der Waals surface area contributed by atoms with Gasteiger partial charge in [-0.25, -0.2) is 4.98 Å². The summed E-state index contributed by atoms with van der Waals surface area (Å²) in [5.41, 5.74) is 1.25. The van der Waals surface area contributed by atoms with Crippen LogP contribution in [0, 0.1) is 0 Å². The number of hydrogen-bond acceptors (Lipinski definition) is 3. The highest BCUT2D eigenvalue weighted by atomic mass is 35.5. The summed E-state index contributed by atoms with van der Waals surface area (Å²) < 4.78 is 5.11. The van der Waals surface area contributed by atoms with Gasteiger partial charge in [-0.1, -0.05) is 37.6 Å². The molecule has 1 N–H and O–H groups in total. The van der Waals surface area contributed by atoms with Crippen molar-refractivity contribution in [2.45, 2.75) is 19.3 Å². The number of carbonyl (C=O) groups is 1. The van der Waals surface area contributed by atoms with Crippen molar-refractivity contribution < 1.29 is 9.53 Å². The molecule has 1 aromatic carbocycles. The van der Waals surface area contributed by atoms with Gasteiger partial charge in [0.2, 0.25) is 5.88 Å². The van der Waals surface area contributed by atoms with Crippen molar-refractivity contribution in [1.29, 1.82) is 0 Å². The van der Waals surface area contributed by atoms with E-state index in [0.717, 1.165) is 5.56 Å². The normalized spacial score (nSPS) is 11.1. The minimum atomic E-state index is -0.240. The van der Waals surface area contributed by atoms with Crippen LogP contribution in [0.5, 0.6) is 5.88 Å². The van der Waals surface area contributed by atoms with Gasteiger partial charge in [0.1, 0.15) is 5.56 Å². The van der Waals surface area contributed by atoms with Crippen LogP contribution >= 0.6 is 11.6 Å². The van der Waals surface area contributed by atoms with E-state index in [1.807, 2.05) is 24.3 Å². The molecule has 1 amide bonds. The number of carbonyl (C=O) groups excluding carboxylic acids is 1. The molecule has 0 spiro atoms. The average Bonchev–Trinajstić information content (AvgIpc) is 2.52. The van der Waals surface area contributed by atoms with Crippen molar-refractivity contribution in [3.8, 4) is 5.88 Å². The Kier molecular flexibility index (Phi) is 5.03. The summed E-state index contributed by atoms with van der Waals surface area (Å²) in [5.74, 6) is 0.112. The Morgan fingerprint density at radius 3 is 2.77 bits per heavy atom. The third kappa shape index (κ3) is 3.77. The quantitative estimate of drug-likeness (QED) is 0.918. The van der Waals surface area contributed by atoms with Crippen LogP contribution in [0.15, 0.2) is 42.6 Å². The second kappa shape index (κ2) is 6.79. The van der Waals surface area contributed by atoms with Crippen LogP contribution in [0.1, 0.15) is 29.8 Å². The summed E-state index contributed by atoms with van der Waals surface area (Å²) in [6.07, 6.45) is 1.59. The number of rotatable bonds is 5. The molecule has 1 heterocycles. The molecule has 4 nitrogen and oxygen atoms in total. The highest BCUT2D eigenvalue weighted by molar-refractivity contribution is 6.30. The summed E-state index contributed by atoms with van der Waals surface area (Å²) in [6.45, 7) is 4.59. The van der Waals surface area contributed by atoms with E-state index in [1.54, 1.807) is 18.3 Å². The molecular formula is C17H19ClN2O2. The molecule has 0 aliphatic carbocycles. The molecule has 0 saturated heterocycles. The molecule has 0 radical (unpaired) electrons. The van der Waals surface area contributed by atoms with Crippen molar-refractivity contribution in [2.75, 3.05) is 13.7 Å². The van der Waals surface area contributed by atoms with E-state index < -0.39 is 0 Å². The van der Waals surface area contributed by atoms with Gasteiger partial charge >= 0.3 is 0 Å². The van der Waals surface area contributed by atoms with Crippen LogP contribution in [0.4, 0.5) is 0 Å². The summed E-state index contributed by atoms with van der Waals surface area (Å²) in [5, 5.41) is 3.62. The molecule has 5 heteroatoms. The van der Waals surface area contributed by atoms with Crippen LogP contribution in [0.2, 0.25) is 5.02 Å². The number of aromatic nitrogens is 1. The van der Waals surface area contributed by atoms with E-state index >= 15 is 0 Å². The average molecular weight is 319 g/mol. The highest BCUT2D eigenvalue weighted by Crippen LogP contribution is 2.25. The number of nitrogens with one attached hydrogen (secondary N) is 1. The maximum atomic E-state index is 12.3. The number of ether oxygens (including phenoxy) is 1. The topological polar surface area (TPSA) is 51.2 Å². The molecule has 0 unspecified atom stereocenters. The number of methoxy groups -OCH3 is 1. The third-order valence-corrected chi connectivity index (χ3v) is 3.74. The van der Waals surface area contributed by atoms with Gasteiger partial charge in [-0.05, 0) is 29.8 Å². The zero-order valence-electron chi connectivity index (χ0n) is 12.9. The van der Waals surface area contributed by atoms with Crippen molar-refractivity contribution in [2.24, 2.45) is 0 Å². The first-order valence-corrected chi connectivity index (χ1v) is 7.35. The molecule has 0 saturated carbocycles. The van der Waals surface area contributed by atoms with E-state index in [0.29, 0.717) is 23.0 Å². The maximum absolute atomic E-state index is 12.3. The summed E-state index contributed by atoms with van der Waals surface area (Å²) in [6, 6.07) is 11.1. The molecule has 0 atom stereocenters. The van der Waals surface area contributed by atoms with Crippen molar-refractivity contribution in [3.63, 3.8) is 0 Å². The van der Waals surface area contributed by atoms with Gasteiger partial charge in [0.15, 0.2) is 0 Å². The lowest BCUT2D eigenvalue weighted by atomic mass is 9.84. The van der Waals surface area contributed by atoms with Gasteiger partial charge in [-0.15, -0.1) is 0 Å². The molecule has 1 aromatic heterocycles. The molecule has 2 aromatic rings. The number of nitrogens with zero attached hydrogens (tertiary/aromatic N) is 1. The van der Waals surface area contributed by atoms with Gasteiger partial charge in [0.05, 0.1) is 7.11 Å². The molecule has 2 rings (SSSR count). The summed E-state index contributed by atoms with van der Waals surface area (Å²) in [7, 11) is 1.50. The minimum absolute atomic E-state index is 0.208. The fraction of sp³-hybridized carbons (Fsp3) is 0.294. The summed E-state index contributed by atoms with van der Waals surface area (Å²) >= 11 is 6.04.